The van der Waals surface area contributed by atoms with Gasteiger partial charge >= 0.3 is 0 Å². The van der Waals surface area contributed by atoms with Gasteiger partial charge in [0.1, 0.15) is 5.82 Å². The van der Waals surface area contributed by atoms with Gasteiger partial charge in [-0.3, -0.25) is 0 Å². The Morgan fingerprint density at radius 3 is 3.00 bits per heavy atom. The lowest BCUT2D eigenvalue weighted by atomic mass is 10.0. The highest BCUT2D eigenvalue weighted by Gasteiger charge is 2.12. The van der Waals surface area contributed by atoms with E-state index < -0.39 is 0 Å². The Bertz CT molecular complexity index is 482. The molecule has 0 bridgehead atoms. The molecule has 2 heterocycles. The molecule has 0 unspecified atom stereocenters. The molecule has 0 saturated carbocycles. The molecule has 1 aliphatic rings. The van der Waals surface area contributed by atoms with E-state index >= 15 is 0 Å². The van der Waals surface area contributed by atoms with E-state index in [4.69, 9.17) is 0 Å². The number of H-pyrrole nitrogens is 1. The third-order valence-electron chi connectivity index (χ3n) is 3.21. The number of benzene rings is 1. The quantitative estimate of drug-likeness (QED) is 0.767. The van der Waals surface area contributed by atoms with Gasteiger partial charge in [-0.1, -0.05) is 13.8 Å². The molecular formula is C13H17N3. The molecule has 0 saturated heterocycles. The summed E-state index contributed by atoms with van der Waals surface area (Å²) >= 11 is 0. The van der Waals surface area contributed by atoms with E-state index in [0.717, 1.165) is 17.9 Å². The van der Waals surface area contributed by atoms with Crippen LogP contribution in [-0.4, -0.2) is 16.5 Å². The summed E-state index contributed by atoms with van der Waals surface area (Å²) in [4.78, 5) is 8.03. The van der Waals surface area contributed by atoms with Crippen LogP contribution < -0.4 is 5.32 Å². The number of hydrogen-bond donors (Lipinski definition) is 2. The van der Waals surface area contributed by atoms with E-state index in [2.05, 4.69) is 41.3 Å². The van der Waals surface area contributed by atoms with Crippen molar-refractivity contribution in [3.63, 3.8) is 0 Å². The summed E-state index contributed by atoms with van der Waals surface area (Å²) < 4.78 is 0. The zero-order valence-corrected chi connectivity index (χ0v) is 9.80. The van der Waals surface area contributed by atoms with Gasteiger partial charge in [0, 0.05) is 18.2 Å². The monoisotopic (exact) mass is 215 g/mol. The van der Waals surface area contributed by atoms with Crippen LogP contribution in [0.15, 0.2) is 12.1 Å². The number of rotatable bonds is 1. The van der Waals surface area contributed by atoms with Crippen LogP contribution in [0.3, 0.4) is 0 Å². The molecule has 16 heavy (non-hydrogen) atoms. The van der Waals surface area contributed by atoms with E-state index in [-0.39, 0.29) is 0 Å². The third-order valence-corrected chi connectivity index (χ3v) is 3.21. The van der Waals surface area contributed by atoms with Crippen LogP contribution >= 0.6 is 0 Å². The van der Waals surface area contributed by atoms with Crippen LogP contribution in [0.1, 0.15) is 37.6 Å². The smallest absolute Gasteiger partial charge is 0.109 e. The lowest BCUT2D eigenvalue weighted by molar-refractivity contribution is 0.799. The summed E-state index contributed by atoms with van der Waals surface area (Å²) in [6, 6.07) is 4.42. The second-order valence-corrected chi connectivity index (χ2v) is 4.83. The first-order valence-electron chi connectivity index (χ1n) is 6.00. The first-order valence-corrected chi connectivity index (χ1v) is 6.00. The maximum absolute atomic E-state index is 4.62. The maximum atomic E-state index is 4.62. The van der Waals surface area contributed by atoms with Gasteiger partial charge < -0.3 is 10.3 Å². The zero-order chi connectivity index (χ0) is 11.1. The summed E-state index contributed by atoms with van der Waals surface area (Å²) in [6.07, 6.45) is 2.40. The molecule has 1 aromatic carbocycles. The minimum Gasteiger partial charge on any atom is -0.385 e. The fraction of sp³-hybridized carbons (Fsp3) is 0.462. The van der Waals surface area contributed by atoms with E-state index in [1.54, 1.807) is 0 Å². The lowest BCUT2D eigenvalue weighted by Crippen LogP contribution is -2.11. The van der Waals surface area contributed by atoms with Crippen molar-refractivity contribution in [2.75, 3.05) is 11.9 Å². The number of nitrogens with one attached hydrogen (secondary N) is 2. The van der Waals surface area contributed by atoms with E-state index in [1.165, 1.54) is 29.6 Å². The van der Waals surface area contributed by atoms with Crippen molar-refractivity contribution in [3.8, 4) is 0 Å². The van der Waals surface area contributed by atoms with Crippen molar-refractivity contribution in [1.29, 1.82) is 0 Å². The SMILES string of the molecule is CC(C)c1nc2cc3c(cc2[nH]1)CCCN3. The van der Waals surface area contributed by atoms with Crippen molar-refractivity contribution in [2.45, 2.75) is 32.6 Å². The maximum Gasteiger partial charge on any atom is 0.109 e. The lowest BCUT2D eigenvalue weighted by Gasteiger charge is -2.17. The molecule has 1 aromatic heterocycles. The normalized spacial score (nSPS) is 15.2. The second-order valence-electron chi connectivity index (χ2n) is 4.83. The topological polar surface area (TPSA) is 40.7 Å². The number of aryl methyl sites for hydroxylation is 1. The van der Waals surface area contributed by atoms with Crippen LogP contribution in [0.2, 0.25) is 0 Å². The average molecular weight is 215 g/mol. The van der Waals surface area contributed by atoms with E-state index in [9.17, 15) is 0 Å². The van der Waals surface area contributed by atoms with Crippen LogP contribution in [0.5, 0.6) is 0 Å². The van der Waals surface area contributed by atoms with Crippen molar-refractivity contribution < 1.29 is 0 Å². The Morgan fingerprint density at radius 2 is 2.19 bits per heavy atom. The highest BCUT2D eigenvalue weighted by molar-refractivity contribution is 5.82. The van der Waals surface area contributed by atoms with Gasteiger partial charge in [0.15, 0.2) is 0 Å². The first kappa shape index (κ1) is 9.70. The van der Waals surface area contributed by atoms with E-state index in [0.29, 0.717) is 5.92 Å². The number of hydrogen-bond acceptors (Lipinski definition) is 2. The highest BCUT2D eigenvalue weighted by atomic mass is 14.9. The number of anilines is 1. The number of aromatic nitrogens is 2. The van der Waals surface area contributed by atoms with E-state index in [1.807, 2.05) is 0 Å². The van der Waals surface area contributed by atoms with Gasteiger partial charge in [-0.05, 0) is 30.5 Å². The van der Waals surface area contributed by atoms with Crippen LogP contribution in [0, 0.1) is 0 Å². The van der Waals surface area contributed by atoms with Gasteiger partial charge in [-0.15, -0.1) is 0 Å². The van der Waals surface area contributed by atoms with Gasteiger partial charge in [-0.2, -0.15) is 0 Å². The first-order chi connectivity index (χ1) is 7.74. The Hall–Kier alpha value is -1.51. The van der Waals surface area contributed by atoms with Crippen molar-refractivity contribution in [3.05, 3.63) is 23.5 Å². The van der Waals surface area contributed by atoms with Crippen LogP contribution in [0.4, 0.5) is 5.69 Å². The average Bonchev–Trinajstić information content (AvgIpc) is 2.68. The predicted octanol–water partition coefficient (Wildman–Crippen LogP) is 3.04. The third kappa shape index (κ3) is 1.47. The Labute approximate surface area is 95.3 Å². The molecule has 3 nitrogen and oxygen atoms in total. The van der Waals surface area contributed by atoms with Crippen molar-refractivity contribution >= 4 is 16.7 Å². The molecule has 1 aliphatic heterocycles. The zero-order valence-electron chi connectivity index (χ0n) is 9.80. The molecule has 3 heteroatoms. The molecule has 0 amide bonds. The number of imidazole rings is 1. The Morgan fingerprint density at radius 1 is 1.31 bits per heavy atom. The standard InChI is InChI=1S/C13H17N3/c1-8(2)13-15-11-6-9-4-3-5-14-10(9)7-12(11)16-13/h6-8,14H,3-5H2,1-2H3,(H,15,16). The second kappa shape index (κ2) is 3.51. The van der Waals surface area contributed by atoms with Gasteiger partial charge in [0.25, 0.3) is 0 Å². The predicted molar refractivity (Wildman–Crippen MR) is 67.0 cm³/mol. The molecule has 84 valence electrons. The summed E-state index contributed by atoms with van der Waals surface area (Å²) in [5.41, 5.74) is 4.93. The van der Waals surface area contributed by atoms with Gasteiger partial charge in [-0.25, -0.2) is 4.98 Å². The van der Waals surface area contributed by atoms with Gasteiger partial charge in [0.05, 0.1) is 11.0 Å². The molecule has 0 aliphatic carbocycles. The Balaban J connectivity index is 2.16. The van der Waals surface area contributed by atoms with Crippen molar-refractivity contribution in [1.82, 2.24) is 9.97 Å². The molecule has 2 N–H and O–H groups in total. The van der Waals surface area contributed by atoms with Crippen LogP contribution in [-0.2, 0) is 6.42 Å². The minimum absolute atomic E-state index is 0.456. The number of nitrogens with zero attached hydrogens (tertiary/aromatic N) is 1. The number of aromatic amines is 1. The van der Waals surface area contributed by atoms with Crippen molar-refractivity contribution in [2.24, 2.45) is 0 Å². The summed E-state index contributed by atoms with van der Waals surface area (Å²) in [6.45, 7) is 5.41. The van der Waals surface area contributed by atoms with Gasteiger partial charge in [0.2, 0.25) is 0 Å². The summed E-state index contributed by atoms with van der Waals surface area (Å²) in [5.74, 6) is 1.54. The van der Waals surface area contributed by atoms with Crippen LogP contribution in [0.25, 0.3) is 11.0 Å². The molecule has 2 aromatic rings. The molecule has 0 atom stereocenters. The number of fused-ring (bicyclic) bond motifs is 2. The fourth-order valence-electron chi connectivity index (χ4n) is 2.27. The minimum atomic E-state index is 0.456. The molecule has 0 spiro atoms. The summed E-state index contributed by atoms with van der Waals surface area (Å²) in [7, 11) is 0. The molecule has 0 radical (unpaired) electrons. The molecule has 0 fully saturated rings. The largest absolute Gasteiger partial charge is 0.385 e. The fourth-order valence-corrected chi connectivity index (χ4v) is 2.27. The summed E-state index contributed by atoms with van der Waals surface area (Å²) in [5, 5.41) is 3.44. The molecular weight excluding hydrogens is 198 g/mol. The Kier molecular flexibility index (Phi) is 2.13. The highest BCUT2D eigenvalue weighted by Crippen LogP contribution is 2.27. The molecule has 3 rings (SSSR count).